The molecule has 2 heterocycles. The first kappa shape index (κ1) is 18.6. The Bertz CT molecular complexity index is 1110. The van der Waals surface area contributed by atoms with Crippen molar-refractivity contribution in [3.8, 4) is 11.5 Å². The molecule has 6 nitrogen and oxygen atoms in total. The van der Waals surface area contributed by atoms with Gasteiger partial charge in [-0.15, -0.1) is 20.4 Å². The van der Waals surface area contributed by atoms with Gasteiger partial charge in [0.2, 0.25) is 11.8 Å². The van der Waals surface area contributed by atoms with Crippen LogP contribution in [-0.4, -0.2) is 25.0 Å². The molecule has 0 unspecified atom stereocenters. The van der Waals surface area contributed by atoms with Gasteiger partial charge in [0.1, 0.15) is 5.82 Å². The van der Waals surface area contributed by atoms with Gasteiger partial charge in [0.15, 0.2) is 5.16 Å². The quantitative estimate of drug-likeness (QED) is 0.343. The van der Waals surface area contributed by atoms with Gasteiger partial charge in [-0.25, -0.2) is 0 Å². The van der Waals surface area contributed by atoms with Crippen LogP contribution in [0.2, 0.25) is 0 Å². The molecule has 29 heavy (non-hydrogen) atoms. The van der Waals surface area contributed by atoms with Gasteiger partial charge in [0.05, 0.1) is 12.3 Å². The second-order valence-corrected chi connectivity index (χ2v) is 8.84. The largest absolute Gasteiger partial charge is 0.420 e. The van der Waals surface area contributed by atoms with E-state index in [0.29, 0.717) is 23.5 Å². The number of hydrogen-bond acceptors (Lipinski definition) is 6. The Labute approximate surface area is 180 Å². The summed E-state index contributed by atoms with van der Waals surface area (Å²) in [5.41, 5.74) is 2.14. The molecule has 0 radical (unpaired) electrons. The van der Waals surface area contributed by atoms with Crippen LogP contribution in [0, 0.1) is 0 Å². The van der Waals surface area contributed by atoms with Crippen LogP contribution < -0.4 is 0 Å². The molecule has 2 aromatic heterocycles. The van der Waals surface area contributed by atoms with E-state index in [1.807, 2.05) is 30.3 Å². The molecule has 1 fully saturated rings. The summed E-state index contributed by atoms with van der Waals surface area (Å²) in [5, 5.41) is 18.2. The summed E-state index contributed by atoms with van der Waals surface area (Å²) >= 11 is 5.02. The lowest BCUT2D eigenvalue weighted by Crippen LogP contribution is -2.06. The minimum atomic E-state index is 0.525. The fourth-order valence-corrected chi connectivity index (χ4v) is 4.16. The molecule has 0 amide bonds. The maximum absolute atomic E-state index is 5.84. The molecule has 4 aromatic rings. The zero-order chi connectivity index (χ0) is 19.6. The van der Waals surface area contributed by atoms with Crippen molar-refractivity contribution in [2.75, 3.05) is 0 Å². The Morgan fingerprint density at radius 1 is 0.966 bits per heavy atom. The number of thioether (sulfide) groups is 1. The highest BCUT2D eigenvalue weighted by Crippen LogP contribution is 2.40. The first-order valence-electron chi connectivity index (χ1n) is 9.44. The fraction of sp³-hybridized carbons (Fsp3) is 0.238. The lowest BCUT2D eigenvalue weighted by atomic mass is 10.2. The zero-order valence-electron chi connectivity index (χ0n) is 15.5. The normalized spacial score (nSPS) is 13.7. The molecule has 0 aliphatic heterocycles. The first-order chi connectivity index (χ1) is 14.3. The minimum absolute atomic E-state index is 0.525. The maximum atomic E-state index is 5.84. The molecule has 2 aromatic carbocycles. The number of benzene rings is 2. The van der Waals surface area contributed by atoms with Crippen molar-refractivity contribution in [2.45, 2.75) is 36.2 Å². The molecule has 5 rings (SSSR count). The Kier molecular flexibility index (Phi) is 5.20. The van der Waals surface area contributed by atoms with Crippen molar-refractivity contribution in [1.29, 1.82) is 0 Å². The van der Waals surface area contributed by atoms with E-state index in [1.54, 1.807) is 11.8 Å². The zero-order valence-corrected chi connectivity index (χ0v) is 17.9. The summed E-state index contributed by atoms with van der Waals surface area (Å²) in [6.45, 7) is 0.774. The van der Waals surface area contributed by atoms with E-state index < -0.39 is 0 Å². The second kappa shape index (κ2) is 8.12. The summed E-state index contributed by atoms with van der Waals surface area (Å²) in [5.74, 6) is 3.28. The lowest BCUT2D eigenvalue weighted by Gasteiger charge is -2.09. The molecule has 1 aliphatic rings. The third-order valence-electron chi connectivity index (χ3n) is 4.75. The number of aromatic nitrogens is 5. The average molecular weight is 468 g/mol. The third-order valence-corrected chi connectivity index (χ3v) is 6.23. The summed E-state index contributed by atoms with van der Waals surface area (Å²) in [6.07, 6.45) is 2.38. The van der Waals surface area contributed by atoms with Crippen LogP contribution in [-0.2, 0) is 12.3 Å². The van der Waals surface area contributed by atoms with Crippen LogP contribution in [0.15, 0.2) is 68.6 Å². The summed E-state index contributed by atoms with van der Waals surface area (Å²) in [7, 11) is 0. The van der Waals surface area contributed by atoms with Crippen molar-refractivity contribution < 1.29 is 4.42 Å². The molecule has 0 N–H and O–H groups in total. The molecular weight excluding hydrogens is 450 g/mol. The van der Waals surface area contributed by atoms with Gasteiger partial charge in [-0.2, -0.15) is 0 Å². The van der Waals surface area contributed by atoms with Crippen LogP contribution in [0.5, 0.6) is 0 Å². The fourth-order valence-electron chi connectivity index (χ4n) is 3.11. The molecule has 0 spiro atoms. The van der Waals surface area contributed by atoms with Gasteiger partial charge < -0.3 is 8.98 Å². The van der Waals surface area contributed by atoms with Gasteiger partial charge in [-0.3, -0.25) is 0 Å². The second-order valence-electron chi connectivity index (χ2n) is 6.98. The molecule has 1 saturated carbocycles. The summed E-state index contributed by atoms with van der Waals surface area (Å²) in [4.78, 5) is 0. The predicted octanol–water partition coefficient (Wildman–Crippen LogP) is 5.31. The Morgan fingerprint density at radius 3 is 2.52 bits per heavy atom. The SMILES string of the molecule is Brc1ccc(-c2nnc(CSc3nnc(C4CC4)n3Cc3ccccc3)o2)cc1. The number of hydrogen-bond donors (Lipinski definition) is 0. The Hall–Kier alpha value is -2.45. The van der Waals surface area contributed by atoms with E-state index in [1.165, 1.54) is 18.4 Å². The van der Waals surface area contributed by atoms with Gasteiger partial charge in [0, 0.05) is 16.0 Å². The van der Waals surface area contributed by atoms with E-state index in [-0.39, 0.29) is 0 Å². The van der Waals surface area contributed by atoms with Crippen LogP contribution in [0.25, 0.3) is 11.5 Å². The summed E-state index contributed by atoms with van der Waals surface area (Å²) in [6, 6.07) is 18.2. The van der Waals surface area contributed by atoms with Crippen LogP contribution in [0.1, 0.15) is 36.0 Å². The smallest absolute Gasteiger partial charge is 0.247 e. The van der Waals surface area contributed by atoms with Crippen molar-refractivity contribution >= 4 is 27.7 Å². The third kappa shape index (κ3) is 4.28. The molecule has 0 atom stereocenters. The van der Waals surface area contributed by atoms with E-state index >= 15 is 0 Å². The van der Waals surface area contributed by atoms with Crippen molar-refractivity contribution in [2.24, 2.45) is 0 Å². The lowest BCUT2D eigenvalue weighted by molar-refractivity contribution is 0.528. The standard InChI is InChI=1S/C21H18BrN5OS/c22-17-10-8-16(9-11-17)20-25-23-18(28-20)13-29-21-26-24-19(15-6-7-15)27(21)12-14-4-2-1-3-5-14/h1-5,8-11,15H,6-7,12-13H2. The van der Waals surface area contributed by atoms with E-state index in [2.05, 4.69) is 65.2 Å². The predicted molar refractivity (Wildman–Crippen MR) is 115 cm³/mol. The molecule has 0 bridgehead atoms. The van der Waals surface area contributed by atoms with E-state index in [9.17, 15) is 0 Å². The van der Waals surface area contributed by atoms with Crippen molar-refractivity contribution in [3.05, 3.63) is 76.3 Å². The monoisotopic (exact) mass is 467 g/mol. The van der Waals surface area contributed by atoms with E-state index in [4.69, 9.17) is 4.42 Å². The number of rotatable bonds is 7. The van der Waals surface area contributed by atoms with Crippen molar-refractivity contribution in [1.82, 2.24) is 25.0 Å². The molecule has 8 heteroatoms. The first-order valence-corrected chi connectivity index (χ1v) is 11.2. The molecule has 146 valence electrons. The Morgan fingerprint density at radius 2 is 1.76 bits per heavy atom. The minimum Gasteiger partial charge on any atom is -0.420 e. The van der Waals surface area contributed by atoms with Gasteiger partial charge in [-0.1, -0.05) is 58.0 Å². The average Bonchev–Trinajstić information content (AvgIpc) is 3.35. The van der Waals surface area contributed by atoms with Crippen LogP contribution in [0.4, 0.5) is 0 Å². The molecule has 0 saturated heterocycles. The van der Waals surface area contributed by atoms with E-state index in [0.717, 1.165) is 27.6 Å². The maximum Gasteiger partial charge on any atom is 0.247 e. The van der Waals surface area contributed by atoms with Crippen LogP contribution >= 0.6 is 27.7 Å². The highest BCUT2D eigenvalue weighted by atomic mass is 79.9. The highest BCUT2D eigenvalue weighted by Gasteiger charge is 2.30. The van der Waals surface area contributed by atoms with Gasteiger partial charge in [0.25, 0.3) is 0 Å². The van der Waals surface area contributed by atoms with Crippen molar-refractivity contribution in [3.63, 3.8) is 0 Å². The van der Waals surface area contributed by atoms with Gasteiger partial charge >= 0.3 is 0 Å². The number of nitrogens with zero attached hydrogens (tertiary/aromatic N) is 5. The highest BCUT2D eigenvalue weighted by molar-refractivity contribution is 9.10. The molecule has 1 aliphatic carbocycles. The van der Waals surface area contributed by atoms with Gasteiger partial charge in [-0.05, 0) is 42.7 Å². The molecular formula is C21H18BrN5OS. The van der Waals surface area contributed by atoms with Crippen LogP contribution in [0.3, 0.4) is 0 Å². The Balaban J connectivity index is 1.33. The summed E-state index contributed by atoms with van der Waals surface area (Å²) < 4.78 is 9.08. The number of halogens is 1. The topological polar surface area (TPSA) is 69.6 Å².